The Morgan fingerprint density at radius 3 is 2.67 bits per heavy atom. The van der Waals surface area contributed by atoms with Crippen LogP contribution < -0.4 is 5.32 Å². The molecule has 0 radical (unpaired) electrons. The lowest BCUT2D eigenvalue weighted by Gasteiger charge is -2.11. The van der Waals surface area contributed by atoms with E-state index in [4.69, 9.17) is 5.26 Å². The van der Waals surface area contributed by atoms with Gasteiger partial charge in [0.05, 0.1) is 11.3 Å². The van der Waals surface area contributed by atoms with E-state index in [1.54, 1.807) is 24.3 Å². The number of aryl methyl sites for hydroxylation is 1. The molecule has 0 atom stereocenters. The first-order valence-electron chi connectivity index (χ1n) is 5.33. The molecule has 90 valence electrons. The van der Waals surface area contributed by atoms with E-state index < -0.39 is 0 Å². The number of nitriles is 1. The fourth-order valence-corrected chi connectivity index (χ4v) is 2.09. The van der Waals surface area contributed by atoms with Gasteiger partial charge in [0.15, 0.2) is 0 Å². The molecule has 0 aliphatic rings. The molecule has 0 heterocycles. The molecule has 2 aromatic rings. The van der Waals surface area contributed by atoms with Gasteiger partial charge in [-0.3, -0.25) is 0 Å². The van der Waals surface area contributed by atoms with Gasteiger partial charge in [-0.25, -0.2) is 4.39 Å². The Morgan fingerprint density at radius 1 is 1.28 bits per heavy atom. The zero-order valence-electron chi connectivity index (χ0n) is 9.67. The second kappa shape index (κ2) is 5.19. The van der Waals surface area contributed by atoms with E-state index in [-0.39, 0.29) is 5.82 Å². The molecule has 0 amide bonds. The number of nitrogens with zero attached hydrogens (tertiary/aromatic N) is 1. The number of halogens is 2. The number of benzene rings is 2. The summed E-state index contributed by atoms with van der Waals surface area (Å²) in [6, 6.07) is 12.2. The molecule has 0 bridgehead atoms. The SMILES string of the molecule is Cc1cccc(F)c1Nc1ccc(C#N)c(Br)c1. The van der Waals surface area contributed by atoms with E-state index in [2.05, 4.69) is 27.3 Å². The molecule has 2 rings (SSSR count). The van der Waals surface area contributed by atoms with Gasteiger partial charge in [0.25, 0.3) is 0 Å². The van der Waals surface area contributed by atoms with Crippen LogP contribution in [0, 0.1) is 24.1 Å². The second-order valence-corrected chi connectivity index (χ2v) is 4.72. The highest BCUT2D eigenvalue weighted by Crippen LogP contribution is 2.27. The minimum absolute atomic E-state index is 0.296. The summed E-state index contributed by atoms with van der Waals surface area (Å²) in [5.41, 5.74) is 2.56. The van der Waals surface area contributed by atoms with Crippen LogP contribution in [0.3, 0.4) is 0 Å². The monoisotopic (exact) mass is 304 g/mol. The van der Waals surface area contributed by atoms with Crippen molar-refractivity contribution >= 4 is 27.3 Å². The third kappa shape index (κ3) is 2.52. The maximum Gasteiger partial charge on any atom is 0.146 e. The first kappa shape index (κ1) is 12.6. The third-order valence-corrected chi connectivity index (χ3v) is 3.24. The molecule has 0 saturated carbocycles. The van der Waals surface area contributed by atoms with E-state index in [0.717, 1.165) is 11.3 Å². The molecule has 2 nitrogen and oxygen atoms in total. The Bertz CT molecular complexity index is 612. The highest BCUT2D eigenvalue weighted by atomic mass is 79.9. The van der Waals surface area contributed by atoms with Gasteiger partial charge in [0.2, 0.25) is 0 Å². The minimum Gasteiger partial charge on any atom is -0.353 e. The van der Waals surface area contributed by atoms with Crippen molar-refractivity contribution in [2.24, 2.45) is 0 Å². The number of hydrogen-bond acceptors (Lipinski definition) is 2. The van der Waals surface area contributed by atoms with Gasteiger partial charge in [0.1, 0.15) is 11.9 Å². The quantitative estimate of drug-likeness (QED) is 0.886. The van der Waals surface area contributed by atoms with Gasteiger partial charge in [-0.2, -0.15) is 5.26 Å². The summed E-state index contributed by atoms with van der Waals surface area (Å²) in [5, 5.41) is 11.8. The van der Waals surface area contributed by atoms with Crippen molar-refractivity contribution < 1.29 is 4.39 Å². The smallest absolute Gasteiger partial charge is 0.146 e. The second-order valence-electron chi connectivity index (χ2n) is 3.86. The summed E-state index contributed by atoms with van der Waals surface area (Å²) in [5.74, 6) is -0.296. The summed E-state index contributed by atoms with van der Waals surface area (Å²) in [7, 11) is 0. The molecule has 0 spiro atoms. The molecule has 2 aromatic carbocycles. The largest absolute Gasteiger partial charge is 0.353 e. The number of hydrogen-bond donors (Lipinski definition) is 1. The number of nitrogens with one attached hydrogen (secondary N) is 1. The lowest BCUT2D eigenvalue weighted by atomic mass is 10.1. The molecule has 0 saturated heterocycles. The molecule has 0 fully saturated rings. The van der Waals surface area contributed by atoms with Crippen molar-refractivity contribution in [2.75, 3.05) is 5.32 Å². The fraction of sp³-hybridized carbons (Fsp3) is 0.0714. The van der Waals surface area contributed by atoms with E-state index in [9.17, 15) is 4.39 Å². The van der Waals surface area contributed by atoms with Crippen molar-refractivity contribution in [1.82, 2.24) is 0 Å². The Hall–Kier alpha value is -1.86. The standard InChI is InChI=1S/C14H10BrFN2/c1-9-3-2-4-13(16)14(9)18-11-6-5-10(8-17)12(15)7-11/h2-7,18H,1H3. The van der Waals surface area contributed by atoms with Crippen LogP contribution in [0.4, 0.5) is 15.8 Å². The van der Waals surface area contributed by atoms with Crippen LogP contribution in [0.5, 0.6) is 0 Å². The predicted molar refractivity (Wildman–Crippen MR) is 73.3 cm³/mol. The highest BCUT2D eigenvalue weighted by Gasteiger charge is 2.06. The van der Waals surface area contributed by atoms with Gasteiger partial charge in [-0.1, -0.05) is 12.1 Å². The van der Waals surface area contributed by atoms with Crippen LogP contribution in [0.1, 0.15) is 11.1 Å². The van der Waals surface area contributed by atoms with E-state index in [1.165, 1.54) is 6.07 Å². The van der Waals surface area contributed by atoms with Crippen molar-refractivity contribution in [3.63, 3.8) is 0 Å². The molecular formula is C14H10BrFN2. The maximum atomic E-state index is 13.7. The van der Waals surface area contributed by atoms with Crippen molar-refractivity contribution in [1.29, 1.82) is 5.26 Å². The summed E-state index contributed by atoms with van der Waals surface area (Å²) in [6.45, 7) is 1.84. The first-order valence-corrected chi connectivity index (χ1v) is 6.13. The van der Waals surface area contributed by atoms with Crippen LogP contribution in [0.25, 0.3) is 0 Å². The summed E-state index contributed by atoms with van der Waals surface area (Å²) in [6.07, 6.45) is 0. The molecule has 1 N–H and O–H groups in total. The Morgan fingerprint density at radius 2 is 2.06 bits per heavy atom. The number of anilines is 2. The van der Waals surface area contributed by atoms with Gasteiger partial charge in [-0.05, 0) is 52.7 Å². The normalized spacial score (nSPS) is 9.89. The predicted octanol–water partition coefficient (Wildman–Crippen LogP) is 4.51. The zero-order chi connectivity index (χ0) is 13.1. The topological polar surface area (TPSA) is 35.8 Å². The van der Waals surface area contributed by atoms with Crippen LogP contribution in [0.15, 0.2) is 40.9 Å². The molecule has 0 aromatic heterocycles. The Kier molecular flexibility index (Phi) is 3.63. The lowest BCUT2D eigenvalue weighted by Crippen LogP contribution is -1.96. The molecule has 4 heteroatoms. The Labute approximate surface area is 113 Å². The average Bonchev–Trinajstić information content (AvgIpc) is 2.34. The molecule has 0 aliphatic heterocycles. The summed E-state index contributed by atoms with van der Waals surface area (Å²) < 4.78 is 14.3. The van der Waals surface area contributed by atoms with Gasteiger partial charge >= 0.3 is 0 Å². The fourth-order valence-electron chi connectivity index (χ4n) is 1.62. The van der Waals surface area contributed by atoms with Crippen LogP contribution in [0.2, 0.25) is 0 Å². The van der Waals surface area contributed by atoms with Crippen LogP contribution in [-0.2, 0) is 0 Å². The minimum atomic E-state index is -0.296. The van der Waals surface area contributed by atoms with Crippen molar-refractivity contribution in [3.05, 3.63) is 57.8 Å². The summed E-state index contributed by atoms with van der Waals surface area (Å²) in [4.78, 5) is 0. The number of para-hydroxylation sites is 1. The first-order chi connectivity index (χ1) is 8.61. The highest BCUT2D eigenvalue weighted by molar-refractivity contribution is 9.10. The zero-order valence-corrected chi connectivity index (χ0v) is 11.3. The van der Waals surface area contributed by atoms with Crippen LogP contribution in [-0.4, -0.2) is 0 Å². The van der Waals surface area contributed by atoms with Gasteiger partial charge < -0.3 is 5.32 Å². The summed E-state index contributed by atoms with van der Waals surface area (Å²) >= 11 is 3.30. The van der Waals surface area contributed by atoms with Crippen molar-refractivity contribution in [3.8, 4) is 6.07 Å². The Balaban J connectivity index is 2.35. The van der Waals surface area contributed by atoms with E-state index >= 15 is 0 Å². The molecule has 0 unspecified atom stereocenters. The van der Waals surface area contributed by atoms with Gasteiger partial charge in [-0.15, -0.1) is 0 Å². The molecule has 0 aliphatic carbocycles. The maximum absolute atomic E-state index is 13.7. The third-order valence-electron chi connectivity index (χ3n) is 2.58. The molecule has 18 heavy (non-hydrogen) atoms. The van der Waals surface area contributed by atoms with Crippen molar-refractivity contribution in [2.45, 2.75) is 6.92 Å². The number of rotatable bonds is 2. The van der Waals surface area contributed by atoms with Crippen LogP contribution >= 0.6 is 15.9 Å². The molecular weight excluding hydrogens is 295 g/mol. The lowest BCUT2D eigenvalue weighted by molar-refractivity contribution is 0.631. The van der Waals surface area contributed by atoms with E-state index in [1.807, 2.05) is 13.0 Å². The van der Waals surface area contributed by atoms with E-state index in [0.29, 0.717) is 15.7 Å². The van der Waals surface area contributed by atoms with Gasteiger partial charge in [0, 0.05) is 10.2 Å². The average molecular weight is 305 g/mol.